The normalized spacial score (nSPS) is 15.0. The SMILES string of the molecule is CCN[SiH](OCC)[Si](C)(C)C. The maximum absolute atomic E-state index is 5.74. The van der Waals surface area contributed by atoms with Gasteiger partial charge in [0.15, 0.2) is 0 Å². The summed E-state index contributed by atoms with van der Waals surface area (Å²) in [5.74, 6) is 0. The van der Waals surface area contributed by atoms with E-state index in [1.807, 2.05) is 0 Å². The van der Waals surface area contributed by atoms with E-state index in [1.165, 1.54) is 0 Å². The van der Waals surface area contributed by atoms with E-state index in [-0.39, 0.29) is 0 Å². The molecule has 0 aromatic rings. The third-order valence-corrected chi connectivity index (χ3v) is 10.4. The van der Waals surface area contributed by atoms with Gasteiger partial charge in [-0.2, -0.15) is 0 Å². The van der Waals surface area contributed by atoms with Crippen molar-refractivity contribution in [1.29, 1.82) is 0 Å². The zero-order valence-corrected chi connectivity index (χ0v) is 10.6. The highest BCUT2D eigenvalue weighted by Gasteiger charge is 2.28. The molecule has 0 aliphatic carbocycles. The fourth-order valence-electron chi connectivity index (χ4n) is 0.967. The zero-order valence-electron chi connectivity index (χ0n) is 8.40. The molecule has 0 aliphatic rings. The van der Waals surface area contributed by atoms with Crippen molar-refractivity contribution in [2.24, 2.45) is 0 Å². The van der Waals surface area contributed by atoms with Gasteiger partial charge in [0, 0.05) is 6.61 Å². The van der Waals surface area contributed by atoms with Gasteiger partial charge in [-0.25, -0.2) is 0 Å². The lowest BCUT2D eigenvalue weighted by atomic mass is 10.8. The quantitative estimate of drug-likeness (QED) is 0.661. The van der Waals surface area contributed by atoms with Gasteiger partial charge < -0.3 is 9.41 Å². The fourth-order valence-corrected chi connectivity index (χ4v) is 7.35. The molecule has 11 heavy (non-hydrogen) atoms. The Morgan fingerprint density at radius 1 is 1.27 bits per heavy atom. The maximum Gasteiger partial charge on any atom is 0.235 e. The van der Waals surface area contributed by atoms with Gasteiger partial charge >= 0.3 is 0 Å². The third kappa shape index (κ3) is 4.73. The van der Waals surface area contributed by atoms with Crippen molar-refractivity contribution in [3.8, 4) is 0 Å². The second-order valence-corrected chi connectivity index (χ2v) is 16.8. The predicted octanol–water partition coefficient (Wildman–Crippen LogP) is 1.27. The minimum absolute atomic E-state index is 0.869. The van der Waals surface area contributed by atoms with Crippen LogP contribution in [0.2, 0.25) is 19.6 Å². The van der Waals surface area contributed by atoms with Crippen molar-refractivity contribution in [2.75, 3.05) is 13.2 Å². The van der Waals surface area contributed by atoms with Gasteiger partial charge in [0.1, 0.15) is 0 Å². The van der Waals surface area contributed by atoms with Crippen molar-refractivity contribution >= 4 is 16.3 Å². The molecule has 2 nitrogen and oxygen atoms in total. The summed E-state index contributed by atoms with van der Waals surface area (Å²) in [6.45, 7) is 13.3. The van der Waals surface area contributed by atoms with Gasteiger partial charge in [-0.15, -0.1) is 0 Å². The van der Waals surface area contributed by atoms with Crippen LogP contribution in [0.15, 0.2) is 0 Å². The number of hydrogen-bond donors (Lipinski definition) is 1. The molecule has 68 valence electrons. The zero-order chi connectivity index (χ0) is 8.91. The Bertz CT molecular complexity index is 97.1. The first-order chi connectivity index (χ1) is 5.02. The molecule has 0 spiro atoms. The second-order valence-electron chi connectivity index (χ2n) is 3.76. The summed E-state index contributed by atoms with van der Waals surface area (Å²) in [6.07, 6.45) is 0. The molecule has 0 amide bonds. The van der Waals surface area contributed by atoms with Crippen LogP contribution in [0.1, 0.15) is 13.8 Å². The molecule has 0 radical (unpaired) electrons. The molecule has 0 aliphatic heterocycles. The highest BCUT2D eigenvalue weighted by molar-refractivity contribution is 7.28. The second kappa shape index (κ2) is 5.08. The van der Waals surface area contributed by atoms with Gasteiger partial charge in [-0.3, -0.25) is 0 Å². The smallest absolute Gasteiger partial charge is 0.235 e. The van der Waals surface area contributed by atoms with Crippen molar-refractivity contribution in [2.45, 2.75) is 33.5 Å². The van der Waals surface area contributed by atoms with E-state index in [1.54, 1.807) is 0 Å². The number of hydrogen-bond acceptors (Lipinski definition) is 2. The highest BCUT2D eigenvalue weighted by Crippen LogP contribution is 2.04. The lowest BCUT2D eigenvalue weighted by Crippen LogP contribution is -2.55. The summed E-state index contributed by atoms with van der Waals surface area (Å²) in [5.41, 5.74) is 0. The Hall–Kier alpha value is 0.354. The van der Waals surface area contributed by atoms with E-state index in [4.69, 9.17) is 4.43 Å². The monoisotopic (exact) mass is 191 g/mol. The molecule has 1 N–H and O–H groups in total. The largest absolute Gasteiger partial charge is 0.409 e. The molecule has 0 heterocycles. The summed E-state index contributed by atoms with van der Waals surface area (Å²) in [7, 11) is -2.06. The van der Waals surface area contributed by atoms with Gasteiger partial charge in [0.25, 0.3) is 0 Å². The Kier molecular flexibility index (Phi) is 5.24. The molecule has 0 saturated carbocycles. The molecule has 0 aromatic carbocycles. The van der Waals surface area contributed by atoms with E-state index in [0.29, 0.717) is 0 Å². The summed E-state index contributed by atoms with van der Waals surface area (Å²) in [5, 5.41) is 0. The Labute approximate surface area is 72.9 Å². The van der Waals surface area contributed by atoms with Crippen LogP contribution in [0.5, 0.6) is 0 Å². The first-order valence-electron chi connectivity index (χ1n) is 4.37. The van der Waals surface area contributed by atoms with Crippen LogP contribution in [0, 0.1) is 0 Å². The molecule has 0 rings (SSSR count). The minimum Gasteiger partial charge on any atom is -0.409 e. The average molecular weight is 191 g/mol. The van der Waals surface area contributed by atoms with Crippen LogP contribution in [0.4, 0.5) is 0 Å². The van der Waals surface area contributed by atoms with E-state index in [2.05, 4.69) is 38.5 Å². The predicted molar refractivity (Wildman–Crippen MR) is 55.8 cm³/mol. The summed E-state index contributed by atoms with van der Waals surface area (Å²) in [6, 6.07) is 0. The molecular formula is C7H21NOSi2. The third-order valence-electron chi connectivity index (χ3n) is 1.51. The van der Waals surface area contributed by atoms with Gasteiger partial charge in [0.05, 0.1) is 7.59 Å². The van der Waals surface area contributed by atoms with Crippen LogP contribution >= 0.6 is 0 Å². The average Bonchev–Trinajstić information content (AvgIpc) is 1.85. The lowest BCUT2D eigenvalue weighted by molar-refractivity contribution is 0.345. The Morgan fingerprint density at radius 2 is 1.82 bits per heavy atom. The van der Waals surface area contributed by atoms with Crippen LogP contribution in [0.3, 0.4) is 0 Å². The van der Waals surface area contributed by atoms with Crippen LogP contribution in [-0.2, 0) is 4.43 Å². The lowest BCUT2D eigenvalue weighted by Gasteiger charge is -2.26. The minimum atomic E-state index is -1.03. The molecule has 1 unspecified atom stereocenters. The van der Waals surface area contributed by atoms with Gasteiger partial charge in [-0.05, 0) is 13.5 Å². The van der Waals surface area contributed by atoms with E-state index in [9.17, 15) is 0 Å². The molecule has 4 heteroatoms. The maximum atomic E-state index is 5.74. The molecular weight excluding hydrogens is 170 g/mol. The highest BCUT2D eigenvalue weighted by atomic mass is 29.2. The summed E-state index contributed by atoms with van der Waals surface area (Å²) < 4.78 is 5.74. The van der Waals surface area contributed by atoms with Crippen molar-refractivity contribution in [3.05, 3.63) is 0 Å². The molecule has 0 saturated heterocycles. The summed E-state index contributed by atoms with van der Waals surface area (Å²) in [4.78, 5) is 3.50. The molecule has 0 bridgehead atoms. The summed E-state index contributed by atoms with van der Waals surface area (Å²) >= 11 is 0. The molecule has 0 fully saturated rings. The van der Waals surface area contributed by atoms with Gasteiger partial charge in [-0.1, -0.05) is 26.6 Å². The first kappa shape index (κ1) is 11.4. The number of rotatable bonds is 5. The Morgan fingerprint density at radius 3 is 2.09 bits per heavy atom. The van der Waals surface area contributed by atoms with Crippen LogP contribution in [-0.4, -0.2) is 29.5 Å². The topological polar surface area (TPSA) is 21.3 Å². The molecule has 0 aromatic heterocycles. The Balaban J connectivity index is 3.88. The number of nitrogens with one attached hydrogen (secondary N) is 1. The van der Waals surface area contributed by atoms with Crippen molar-refractivity contribution < 1.29 is 4.43 Å². The van der Waals surface area contributed by atoms with E-state index >= 15 is 0 Å². The molecule has 1 atom stereocenters. The van der Waals surface area contributed by atoms with Gasteiger partial charge in [0.2, 0.25) is 8.72 Å². The van der Waals surface area contributed by atoms with Crippen LogP contribution < -0.4 is 4.98 Å². The van der Waals surface area contributed by atoms with E-state index in [0.717, 1.165) is 13.2 Å². The van der Waals surface area contributed by atoms with Crippen LogP contribution in [0.25, 0.3) is 0 Å². The standard InChI is InChI=1S/C7H21NOSi2/c1-6-8-10(9-7-2)11(3,4)5/h8,10H,6-7H2,1-5H3. The van der Waals surface area contributed by atoms with E-state index < -0.39 is 16.3 Å². The first-order valence-corrected chi connectivity index (χ1v) is 10.7. The van der Waals surface area contributed by atoms with Crippen molar-refractivity contribution in [3.63, 3.8) is 0 Å². The van der Waals surface area contributed by atoms with Crippen molar-refractivity contribution in [1.82, 2.24) is 4.98 Å². The fraction of sp³-hybridized carbons (Fsp3) is 1.00.